The molecule has 0 saturated heterocycles. The van der Waals surface area contributed by atoms with E-state index in [2.05, 4.69) is 0 Å². The van der Waals surface area contributed by atoms with Gasteiger partial charge in [-0.25, -0.2) is 0 Å². The van der Waals surface area contributed by atoms with Crippen LogP contribution in [-0.4, -0.2) is 24.5 Å². The monoisotopic (exact) mass is 201 g/mol. The van der Waals surface area contributed by atoms with Gasteiger partial charge in [0.2, 0.25) is 0 Å². The Morgan fingerprint density at radius 1 is 1.47 bits per heavy atom. The van der Waals surface area contributed by atoms with Crippen molar-refractivity contribution in [1.82, 2.24) is 0 Å². The average molecular weight is 201 g/mol. The fourth-order valence-electron chi connectivity index (χ4n) is 2.02. The standard InChI is InChI=1S/C11H12BNO2/c12-9-2-1-8-6-11(13,10(14)15)4-3-7(8)5-9/h1-2,5H,3-4,6,13H2,(H,14,15). The summed E-state index contributed by atoms with van der Waals surface area (Å²) < 4.78 is 0. The molecule has 3 nitrogen and oxygen atoms in total. The first kappa shape index (κ1) is 10.2. The van der Waals surface area contributed by atoms with Gasteiger partial charge in [0.05, 0.1) is 0 Å². The van der Waals surface area contributed by atoms with Gasteiger partial charge < -0.3 is 10.8 Å². The molecule has 0 fully saturated rings. The van der Waals surface area contributed by atoms with Gasteiger partial charge in [0, 0.05) is 6.42 Å². The van der Waals surface area contributed by atoms with Gasteiger partial charge >= 0.3 is 5.97 Å². The molecular weight excluding hydrogens is 189 g/mol. The van der Waals surface area contributed by atoms with Crippen LogP contribution in [0.3, 0.4) is 0 Å². The SMILES string of the molecule is [B]c1ccc2c(c1)CCC(N)(C(=O)O)C2. The normalized spacial score (nSPS) is 24.6. The van der Waals surface area contributed by atoms with E-state index in [-0.39, 0.29) is 0 Å². The van der Waals surface area contributed by atoms with Crippen LogP contribution in [0.25, 0.3) is 0 Å². The smallest absolute Gasteiger partial charge is 0.324 e. The zero-order chi connectivity index (χ0) is 11.1. The summed E-state index contributed by atoms with van der Waals surface area (Å²) >= 11 is 0. The molecule has 15 heavy (non-hydrogen) atoms. The fraction of sp³-hybridized carbons (Fsp3) is 0.364. The molecule has 0 aromatic heterocycles. The Kier molecular flexibility index (Phi) is 2.31. The number of rotatable bonds is 1. The molecular formula is C11H12BNO2. The summed E-state index contributed by atoms with van der Waals surface area (Å²) in [6.45, 7) is 0. The van der Waals surface area contributed by atoms with E-state index in [0.717, 1.165) is 11.1 Å². The molecule has 0 saturated carbocycles. The maximum atomic E-state index is 11.0. The molecule has 1 unspecified atom stereocenters. The van der Waals surface area contributed by atoms with E-state index < -0.39 is 11.5 Å². The van der Waals surface area contributed by atoms with Crippen LogP contribution >= 0.6 is 0 Å². The Balaban J connectivity index is 2.35. The third kappa shape index (κ3) is 1.77. The van der Waals surface area contributed by atoms with Crippen LogP contribution in [0.4, 0.5) is 0 Å². The average Bonchev–Trinajstić information content (AvgIpc) is 2.18. The number of carbonyl (C=O) groups is 1. The van der Waals surface area contributed by atoms with Crippen molar-refractivity contribution in [3.05, 3.63) is 29.3 Å². The summed E-state index contributed by atoms with van der Waals surface area (Å²) in [5, 5.41) is 9.03. The first-order valence-electron chi connectivity index (χ1n) is 4.91. The van der Waals surface area contributed by atoms with Gasteiger partial charge in [0.1, 0.15) is 13.4 Å². The van der Waals surface area contributed by atoms with Gasteiger partial charge in [0.15, 0.2) is 0 Å². The van der Waals surface area contributed by atoms with E-state index in [9.17, 15) is 4.79 Å². The minimum atomic E-state index is -1.11. The van der Waals surface area contributed by atoms with Gasteiger partial charge in [0.25, 0.3) is 0 Å². The van der Waals surface area contributed by atoms with Gasteiger partial charge in [-0.15, -0.1) is 0 Å². The Bertz CT molecular complexity index is 419. The van der Waals surface area contributed by atoms with Gasteiger partial charge in [-0.2, -0.15) is 0 Å². The number of carboxylic acid groups (broad SMARTS) is 1. The lowest BCUT2D eigenvalue weighted by Crippen LogP contribution is -2.52. The molecule has 4 heteroatoms. The van der Waals surface area contributed by atoms with Gasteiger partial charge in [-0.05, 0) is 24.0 Å². The van der Waals surface area contributed by atoms with E-state index in [4.69, 9.17) is 18.7 Å². The minimum Gasteiger partial charge on any atom is -0.480 e. The van der Waals surface area contributed by atoms with E-state index in [1.807, 2.05) is 12.1 Å². The molecule has 2 radical (unpaired) electrons. The number of hydrogen-bond acceptors (Lipinski definition) is 2. The Labute approximate surface area is 89.7 Å². The molecule has 3 N–H and O–H groups in total. The molecule has 1 aromatic carbocycles. The number of aryl methyl sites for hydroxylation is 1. The van der Waals surface area contributed by atoms with Crippen molar-refractivity contribution >= 4 is 19.3 Å². The fourth-order valence-corrected chi connectivity index (χ4v) is 2.02. The Hall–Kier alpha value is -1.29. The summed E-state index contributed by atoms with van der Waals surface area (Å²) in [5.41, 5.74) is 7.56. The third-order valence-corrected chi connectivity index (χ3v) is 3.00. The quantitative estimate of drug-likeness (QED) is 0.616. The zero-order valence-electron chi connectivity index (χ0n) is 8.36. The van der Waals surface area contributed by atoms with Gasteiger partial charge in [-0.1, -0.05) is 23.7 Å². The van der Waals surface area contributed by atoms with Crippen LogP contribution in [0.15, 0.2) is 18.2 Å². The van der Waals surface area contributed by atoms with Crippen molar-refractivity contribution in [2.24, 2.45) is 5.73 Å². The lowest BCUT2D eigenvalue weighted by Gasteiger charge is -2.30. The summed E-state index contributed by atoms with van der Waals surface area (Å²) in [4.78, 5) is 11.0. The highest BCUT2D eigenvalue weighted by Gasteiger charge is 2.37. The highest BCUT2D eigenvalue weighted by atomic mass is 16.4. The molecule has 1 aromatic rings. The largest absolute Gasteiger partial charge is 0.480 e. The summed E-state index contributed by atoms with van der Waals surface area (Å²) in [7, 11) is 5.66. The second-order valence-electron chi connectivity index (χ2n) is 4.17. The molecule has 2 rings (SSSR count). The molecule has 1 aliphatic carbocycles. The first-order valence-corrected chi connectivity index (χ1v) is 4.91. The topological polar surface area (TPSA) is 63.3 Å². The van der Waals surface area contributed by atoms with Crippen molar-refractivity contribution in [2.45, 2.75) is 24.8 Å². The zero-order valence-corrected chi connectivity index (χ0v) is 8.36. The van der Waals surface area contributed by atoms with Crippen molar-refractivity contribution in [1.29, 1.82) is 0 Å². The molecule has 1 aliphatic rings. The highest BCUT2D eigenvalue weighted by molar-refractivity contribution is 6.32. The number of fused-ring (bicyclic) bond motifs is 1. The van der Waals surface area contributed by atoms with Crippen LogP contribution in [0, 0.1) is 0 Å². The number of benzene rings is 1. The molecule has 0 aliphatic heterocycles. The lowest BCUT2D eigenvalue weighted by molar-refractivity contribution is -0.143. The molecule has 0 spiro atoms. The second-order valence-corrected chi connectivity index (χ2v) is 4.17. The number of aliphatic carboxylic acids is 1. The predicted octanol–water partition coefficient (Wildman–Crippen LogP) is -0.249. The van der Waals surface area contributed by atoms with E-state index >= 15 is 0 Å². The molecule has 0 bridgehead atoms. The van der Waals surface area contributed by atoms with Crippen LogP contribution in [0.2, 0.25) is 0 Å². The van der Waals surface area contributed by atoms with Crippen LogP contribution in [-0.2, 0) is 17.6 Å². The van der Waals surface area contributed by atoms with Crippen molar-refractivity contribution in [3.8, 4) is 0 Å². The van der Waals surface area contributed by atoms with E-state index in [1.165, 1.54) is 0 Å². The van der Waals surface area contributed by atoms with E-state index in [0.29, 0.717) is 24.7 Å². The molecule has 0 amide bonds. The third-order valence-electron chi connectivity index (χ3n) is 3.00. The van der Waals surface area contributed by atoms with Crippen LogP contribution in [0.5, 0.6) is 0 Å². The van der Waals surface area contributed by atoms with Crippen LogP contribution < -0.4 is 11.2 Å². The molecule has 0 heterocycles. The van der Waals surface area contributed by atoms with Crippen molar-refractivity contribution < 1.29 is 9.90 Å². The number of hydrogen-bond donors (Lipinski definition) is 2. The molecule has 1 atom stereocenters. The summed E-state index contributed by atoms with van der Waals surface area (Å²) in [6, 6.07) is 5.55. The lowest BCUT2D eigenvalue weighted by atomic mass is 9.77. The van der Waals surface area contributed by atoms with Crippen LogP contribution in [0.1, 0.15) is 17.5 Å². The Morgan fingerprint density at radius 3 is 2.87 bits per heavy atom. The number of nitrogens with two attached hydrogens (primary N) is 1. The minimum absolute atomic E-state index is 0.387. The second kappa shape index (κ2) is 3.38. The Morgan fingerprint density at radius 2 is 2.20 bits per heavy atom. The summed E-state index contributed by atoms with van der Waals surface area (Å²) in [6.07, 6.45) is 1.54. The van der Waals surface area contributed by atoms with Crippen molar-refractivity contribution in [2.75, 3.05) is 0 Å². The maximum Gasteiger partial charge on any atom is 0.324 e. The number of carboxylic acids is 1. The van der Waals surface area contributed by atoms with E-state index in [1.54, 1.807) is 6.07 Å². The predicted molar refractivity (Wildman–Crippen MR) is 58.4 cm³/mol. The highest BCUT2D eigenvalue weighted by Crippen LogP contribution is 2.26. The summed E-state index contributed by atoms with van der Waals surface area (Å²) in [5.74, 6) is -0.926. The maximum absolute atomic E-state index is 11.0. The first-order chi connectivity index (χ1) is 7.01. The van der Waals surface area contributed by atoms with Gasteiger partial charge in [-0.3, -0.25) is 4.79 Å². The molecule has 76 valence electrons. The van der Waals surface area contributed by atoms with Crippen molar-refractivity contribution in [3.63, 3.8) is 0 Å².